The SMILES string of the molecule is COc1cc(/C=C/C(=O)OC[C@H]2O[C@H](O[C@]3(COC(C)=O)O[C@H](COC(=O)/C=C/c4ccc(O)cc4)[C@@H](O)[C@@H]3OC(=O)/C=C/c3ccc(O)cc3)[C@H](OC(C)=O)[C@@H](O)[C@@H]2O)ccc1O. The van der Waals surface area contributed by atoms with Crippen molar-refractivity contribution in [3.63, 3.8) is 0 Å². The minimum absolute atomic E-state index is 0.00219. The molecule has 2 fully saturated rings. The van der Waals surface area contributed by atoms with Crippen LogP contribution in [0.25, 0.3) is 18.2 Å². The summed E-state index contributed by atoms with van der Waals surface area (Å²) in [6, 6.07) is 15.8. The number of rotatable bonds is 17. The third-order valence-corrected chi connectivity index (χ3v) is 9.46. The predicted molar refractivity (Wildman–Crippen MR) is 217 cm³/mol. The lowest BCUT2D eigenvalue weighted by molar-refractivity contribution is -0.384. The molecular weight excluding hydrogens is 848 g/mol. The lowest BCUT2D eigenvalue weighted by Crippen LogP contribution is -2.64. The molecule has 2 aliphatic heterocycles. The summed E-state index contributed by atoms with van der Waals surface area (Å²) in [6.45, 7) is -0.482. The molecule has 6 N–H and O–H groups in total. The zero-order valence-corrected chi connectivity index (χ0v) is 34.5. The number of phenolic OH excluding ortho intramolecular Hbond substituents is 3. The molecule has 0 saturated carbocycles. The first kappa shape index (κ1) is 48.2. The van der Waals surface area contributed by atoms with Crippen molar-refractivity contribution in [3.8, 4) is 23.0 Å². The fourth-order valence-electron chi connectivity index (χ4n) is 6.29. The van der Waals surface area contributed by atoms with Gasteiger partial charge in [0.15, 0.2) is 23.7 Å². The van der Waals surface area contributed by atoms with E-state index in [-0.39, 0.29) is 23.0 Å². The number of carbonyl (C=O) groups is 5. The highest BCUT2D eigenvalue weighted by atomic mass is 16.8. The third kappa shape index (κ3) is 13.1. The molecule has 0 unspecified atom stereocenters. The highest BCUT2D eigenvalue weighted by molar-refractivity contribution is 5.88. The quantitative estimate of drug-likeness (QED) is 0.0638. The number of methoxy groups -OCH3 is 1. The number of phenols is 3. The number of aromatic hydroxyl groups is 3. The Morgan fingerprint density at radius 2 is 1.17 bits per heavy atom. The van der Waals surface area contributed by atoms with E-state index >= 15 is 0 Å². The number of benzene rings is 3. The van der Waals surface area contributed by atoms with E-state index in [9.17, 15) is 54.6 Å². The third-order valence-electron chi connectivity index (χ3n) is 9.46. The van der Waals surface area contributed by atoms with Crippen molar-refractivity contribution in [2.24, 2.45) is 0 Å². The maximum absolute atomic E-state index is 13.4. The van der Waals surface area contributed by atoms with Crippen molar-refractivity contribution in [1.29, 1.82) is 0 Å². The zero-order valence-electron chi connectivity index (χ0n) is 34.5. The minimum atomic E-state index is -2.62. The summed E-state index contributed by atoms with van der Waals surface area (Å²) >= 11 is 0. The molecule has 2 heterocycles. The van der Waals surface area contributed by atoms with Gasteiger partial charge >= 0.3 is 29.8 Å². The van der Waals surface area contributed by atoms with Gasteiger partial charge in [0.25, 0.3) is 0 Å². The van der Waals surface area contributed by atoms with E-state index in [4.69, 9.17) is 42.6 Å². The second-order valence-electron chi connectivity index (χ2n) is 14.2. The fraction of sp³-hybridized carbons (Fsp3) is 0.341. The molecule has 342 valence electrons. The average Bonchev–Trinajstić information content (AvgIpc) is 3.51. The molecule has 9 atom stereocenters. The predicted octanol–water partition coefficient (Wildman–Crippen LogP) is 1.66. The molecule has 20 heteroatoms. The summed E-state index contributed by atoms with van der Waals surface area (Å²) in [5, 5.41) is 63.0. The Labute approximate surface area is 365 Å². The van der Waals surface area contributed by atoms with Crippen molar-refractivity contribution in [2.45, 2.75) is 68.7 Å². The summed E-state index contributed by atoms with van der Waals surface area (Å²) in [7, 11) is 1.34. The van der Waals surface area contributed by atoms with Crippen LogP contribution in [-0.4, -0.2) is 142 Å². The number of aliphatic hydroxyl groups excluding tert-OH is 3. The van der Waals surface area contributed by atoms with Crippen molar-refractivity contribution >= 4 is 48.1 Å². The van der Waals surface area contributed by atoms with Gasteiger partial charge in [0.1, 0.15) is 61.8 Å². The van der Waals surface area contributed by atoms with Crippen LogP contribution in [0.1, 0.15) is 30.5 Å². The lowest BCUT2D eigenvalue weighted by Gasteiger charge is -2.44. The molecule has 0 amide bonds. The molecule has 64 heavy (non-hydrogen) atoms. The molecule has 0 radical (unpaired) electrons. The zero-order chi connectivity index (χ0) is 46.6. The maximum Gasteiger partial charge on any atom is 0.331 e. The summed E-state index contributed by atoms with van der Waals surface area (Å²) in [6.07, 6.45) is -7.97. The fourth-order valence-corrected chi connectivity index (χ4v) is 6.29. The Balaban J connectivity index is 1.42. The molecule has 0 aromatic heterocycles. The van der Waals surface area contributed by atoms with Crippen LogP contribution in [-0.2, 0) is 61.9 Å². The monoisotopic (exact) mass is 894 g/mol. The summed E-state index contributed by atoms with van der Waals surface area (Å²) in [5.74, 6) is -7.58. The average molecular weight is 895 g/mol. The van der Waals surface area contributed by atoms with Crippen molar-refractivity contribution in [2.75, 3.05) is 26.9 Å². The number of carbonyl (C=O) groups excluding carboxylic acids is 5. The van der Waals surface area contributed by atoms with Gasteiger partial charge in [-0.2, -0.15) is 0 Å². The highest BCUT2D eigenvalue weighted by Gasteiger charge is 2.62. The second-order valence-corrected chi connectivity index (χ2v) is 14.2. The first-order valence-corrected chi connectivity index (χ1v) is 19.4. The van der Waals surface area contributed by atoms with Crippen LogP contribution < -0.4 is 4.74 Å². The van der Waals surface area contributed by atoms with E-state index in [1.807, 2.05) is 0 Å². The summed E-state index contributed by atoms with van der Waals surface area (Å²) in [4.78, 5) is 63.4. The Kier molecular flexibility index (Phi) is 16.6. The van der Waals surface area contributed by atoms with Crippen LogP contribution in [0.5, 0.6) is 23.0 Å². The number of aliphatic hydroxyl groups is 3. The standard InChI is InChI=1S/C44H46O20/c1-24(45)59-23-44(64-43-41(60-25(2)46)40(55)38(53)33(61-43)21-57-36(51)18-11-28-8-16-31(49)32(20-28)56-3)42(62-37(52)19-10-27-6-14-30(48)15-7-27)39(54)34(63-44)22-58-35(50)17-9-26-4-12-29(47)13-5-26/h4-20,33-34,38-43,47-49,53-55H,21-23H2,1-3H3/b17-9+,18-11+,19-10+/t33-,34-,38-,39-,40+,41-,42+,43-,44+/m1/s1. The Morgan fingerprint density at radius 3 is 1.72 bits per heavy atom. The maximum atomic E-state index is 13.4. The Morgan fingerprint density at radius 1 is 0.641 bits per heavy atom. The highest BCUT2D eigenvalue weighted by Crippen LogP contribution is 2.40. The van der Waals surface area contributed by atoms with E-state index in [2.05, 4.69) is 0 Å². The first-order valence-electron chi connectivity index (χ1n) is 19.4. The van der Waals surface area contributed by atoms with Gasteiger partial charge < -0.3 is 73.3 Å². The van der Waals surface area contributed by atoms with Crippen LogP contribution in [0.3, 0.4) is 0 Å². The molecule has 0 aliphatic carbocycles. The minimum Gasteiger partial charge on any atom is -0.508 e. The van der Waals surface area contributed by atoms with Crippen LogP contribution >= 0.6 is 0 Å². The normalized spacial score (nSPS) is 25.5. The van der Waals surface area contributed by atoms with Gasteiger partial charge in [-0.1, -0.05) is 30.3 Å². The van der Waals surface area contributed by atoms with E-state index in [0.29, 0.717) is 16.7 Å². The van der Waals surface area contributed by atoms with Gasteiger partial charge in [0, 0.05) is 32.1 Å². The van der Waals surface area contributed by atoms with E-state index in [1.165, 1.54) is 92.1 Å². The first-order chi connectivity index (χ1) is 30.5. The number of ether oxygens (including phenoxy) is 9. The molecule has 3 aromatic rings. The van der Waals surface area contributed by atoms with Crippen molar-refractivity contribution in [3.05, 3.63) is 102 Å². The number of hydrogen-bond donors (Lipinski definition) is 6. The molecule has 0 spiro atoms. The van der Waals surface area contributed by atoms with Crippen LogP contribution in [0.4, 0.5) is 0 Å². The lowest BCUT2D eigenvalue weighted by atomic mass is 9.98. The molecule has 0 bridgehead atoms. The number of hydrogen-bond acceptors (Lipinski definition) is 20. The molecule has 2 saturated heterocycles. The van der Waals surface area contributed by atoms with Gasteiger partial charge in [-0.25, -0.2) is 14.4 Å². The smallest absolute Gasteiger partial charge is 0.331 e. The van der Waals surface area contributed by atoms with E-state index in [0.717, 1.165) is 32.1 Å². The molecule has 3 aromatic carbocycles. The Bertz CT molecular complexity index is 2200. The van der Waals surface area contributed by atoms with Gasteiger partial charge in [-0.05, 0) is 71.3 Å². The molecular formula is C44H46O20. The van der Waals surface area contributed by atoms with Gasteiger partial charge in [-0.3, -0.25) is 9.59 Å². The van der Waals surface area contributed by atoms with Crippen LogP contribution in [0, 0.1) is 0 Å². The Hall–Kier alpha value is -6.81. The summed E-state index contributed by atoms with van der Waals surface area (Å²) < 4.78 is 50.0. The topological polar surface area (TPSA) is 290 Å². The van der Waals surface area contributed by atoms with Crippen LogP contribution in [0.15, 0.2) is 85.0 Å². The summed E-state index contributed by atoms with van der Waals surface area (Å²) in [5.41, 5.74) is 1.41. The molecule has 20 nitrogen and oxygen atoms in total. The van der Waals surface area contributed by atoms with Crippen LogP contribution in [0.2, 0.25) is 0 Å². The van der Waals surface area contributed by atoms with Gasteiger partial charge in [0.2, 0.25) is 12.1 Å². The van der Waals surface area contributed by atoms with Crippen molar-refractivity contribution in [1.82, 2.24) is 0 Å². The largest absolute Gasteiger partial charge is 0.508 e. The number of esters is 5. The van der Waals surface area contributed by atoms with Crippen molar-refractivity contribution < 1.29 is 97.2 Å². The molecule has 5 rings (SSSR count). The van der Waals surface area contributed by atoms with E-state index < -0.39 is 104 Å². The second kappa shape index (κ2) is 22.0. The van der Waals surface area contributed by atoms with E-state index in [1.54, 1.807) is 0 Å². The molecule has 2 aliphatic rings. The van der Waals surface area contributed by atoms with Gasteiger partial charge in [0.05, 0.1) is 7.11 Å². The van der Waals surface area contributed by atoms with Gasteiger partial charge in [-0.15, -0.1) is 0 Å².